The summed E-state index contributed by atoms with van der Waals surface area (Å²) in [5, 5.41) is 22.5. The van der Waals surface area contributed by atoms with Gasteiger partial charge in [-0.2, -0.15) is 5.26 Å². The van der Waals surface area contributed by atoms with Crippen molar-refractivity contribution < 1.29 is 9.72 Å². The van der Waals surface area contributed by atoms with Crippen LogP contribution in [0.1, 0.15) is 11.1 Å². The van der Waals surface area contributed by atoms with Gasteiger partial charge in [0.1, 0.15) is 6.07 Å². The highest BCUT2D eigenvalue weighted by atomic mass is 35.5. The van der Waals surface area contributed by atoms with Crippen LogP contribution >= 0.6 is 11.6 Å². The monoisotopic (exact) mass is 327 g/mol. The molecule has 6 nitrogen and oxygen atoms in total. The molecule has 0 aliphatic carbocycles. The van der Waals surface area contributed by atoms with Crippen LogP contribution in [0.15, 0.2) is 48.5 Å². The molecule has 1 N–H and O–H groups in total. The summed E-state index contributed by atoms with van der Waals surface area (Å²) in [6.45, 7) is 0. The van der Waals surface area contributed by atoms with Crippen LogP contribution in [0.4, 0.5) is 11.4 Å². The summed E-state index contributed by atoms with van der Waals surface area (Å²) in [5.41, 5.74) is 0.967. The van der Waals surface area contributed by atoms with Crippen LogP contribution in [0.2, 0.25) is 5.02 Å². The fourth-order valence-electron chi connectivity index (χ4n) is 1.83. The number of rotatable bonds is 4. The lowest BCUT2D eigenvalue weighted by Crippen LogP contribution is -2.07. The first-order chi connectivity index (χ1) is 11.0. The molecule has 0 fully saturated rings. The minimum Gasteiger partial charge on any atom is -0.322 e. The van der Waals surface area contributed by atoms with Gasteiger partial charge in [-0.1, -0.05) is 23.7 Å². The average molecular weight is 328 g/mol. The molecular weight excluding hydrogens is 318 g/mol. The van der Waals surface area contributed by atoms with Gasteiger partial charge in [0.25, 0.3) is 5.69 Å². The van der Waals surface area contributed by atoms with Crippen molar-refractivity contribution in [2.75, 3.05) is 5.32 Å². The van der Waals surface area contributed by atoms with Gasteiger partial charge in [0.15, 0.2) is 0 Å². The Morgan fingerprint density at radius 3 is 2.70 bits per heavy atom. The number of carbonyl (C=O) groups is 1. The standard InChI is InChI=1S/C16H10ClN3O3/c17-14-9-13(7-5-12(14)10-18)19-16(21)8-6-11-3-1-2-4-15(11)20(22)23/h1-9H,(H,19,21)/b8-6+. The van der Waals surface area contributed by atoms with Gasteiger partial charge in [-0.3, -0.25) is 14.9 Å². The number of halogens is 1. The summed E-state index contributed by atoms with van der Waals surface area (Å²) in [6.07, 6.45) is 2.55. The predicted molar refractivity (Wildman–Crippen MR) is 86.9 cm³/mol. The molecule has 2 rings (SSSR count). The summed E-state index contributed by atoms with van der Waals surface area (Å²) in [6, 6.07) is 12.5. The molecule has 7 heteroatoms. The molecule has 0 aromatic heterocycles. The van der Waals surface area contributed by atoms with Crippen molar-refractivity contribution in [2.24, 2.45) is 0 Å². The minimum atomic E-state index is -0.516. The third-order valence-electron chi connectivity index (χ3n) is 2.90. The van der Waals surface area contributed by atoms with Crippen molar-refractivity contribution in [2.45, 2.75) is 0 Å². The molecular formula is C16H10ClN3O3. The summed E-state index contributed by atoms with van der Waals surface area (Å²) < 4.78 is 0. The molecule has 0 aliphatic rings. The first-order valence-corrected chi connectivity index (χ1v) is 6.81. The minimum absolute atomic E-state index is 0.0852. The van der Waals surface area contributed by atoms with Crippen LogP contribution in [0, 0.1) is 21.4 Å². The number of para-hydroxylation sites is 1. The number of hydrogen-bond donors (Lipinski definition) is 1. The number of hydrogen-bond acceptors (Lipinski definition) is 4. The van der Waals surface area contributed by atoms with Gasteiger partial charge in [-0.05, 0) is 30.3 Å². The number of nitrogens with zero attached hydrogens (tertiary/aromatic N) is 2. The molecule has 1 amide bonds. The van der Waals surface area contributed by atoms with Crippen LogP contribution in [-0.2, 0) is 4.79 Å². The highest BCUT2D eigenvalue weighted by Gasteiger charge is 2.10. The van der Waals surface area contributed by atoms with E-state index in [0.29, 0.717) is 16.8 Å². The van der Waals surface area contributed by atoms with Gasteiger partial charge < -0.3 is 5.32 Å². The Bertz CT molecular complexity index is 841. The smallest absolute Gasteiger partial charge is 0.276 e. The summed E-state index contributed by atoms with van der Waals surface area (Å²) >= 11 is 5.87. The third-order valence-corrected chi connectivity index (χ3v) is 3.22. The Morgan fingerprint density at radius 1 is 1.30 bits per heavy atom. The number of anilines is 1. The summed E-state index contributed by atoms with van der Waals surface area (Å²) in [7, 11) is 0. The van der Waals surface area contributed by atoms with Crippen molar-refractivity contribution in [3.05, 3.63) is 74.8 Å². The molecule has 0 spiro atoms. The Hall–Kier alpha value is -3.17. The van der Waals surface area contributed by atoms with E-state index in [-0.39, 0.29) is 10.7 Å². The highest BCUT2D eigenvalue weighted by Crippen LogP contribution is 2.21. The lowest BCUT2D eigenvalue weighted by molar-refractivity contribution is -0.385. The molecule has 0 radical (unpaired) electrons. The van der Waals surface area contributed by atoms with Gasteiger partial charge >= 0.3 is 0 Å². The van der Waals surface area contributed by atoms with Crippen molar-refractivity contribution >= 4 is 35.0 Å². The van der Waals surface area contributed by atoms with Crippen LogP contribution in [0.3, 0.4) is 0 Å². The topological polar surface area (TPSA) is 96.0 Å². The first-order valence-electron chi connectivity index (χ1n) is 6.43. The number of amides is 1. The molecule has 114 valence electrons. The van der Waals surface area contributed by atoms with Gasteiger partial charge in [-0.15, -0.1) is 0 Å². The van der Waals surface area contributed by atoms with E-state index in [1.54, 1.807) is 24.3 Å². The normalized spacial score (nSPS) is 10.3. The number of nitro groups is 1. The Kier molecular flexibility index (Phi) is 5.07. The molecule has 2 aromatic rings. The maximum Gasteiger partial charge on any atom is 0.276 e. The molecule has 0 saturated heterocycles. The second kappa shape index (κ2) is 7.20. The highest BCUT2D eigenvalue weighted by molar-refractivity contribution is 6.32. The van der Waals surface area contributed by atoms with E-state index < -0.39 is 10.8 Å². The van der Waals surface area contributed by atoms with Gasteiger partial charge in [-0.25, -0.2) is 0 Å². The number of nitro benzene ring substituents is 1. The van der Waals surface area contributed by atoms with E-state index in [1.807, 2.05) is 6.07 Å². The number of benzene rings is 2. The Labute approximate surface area is 136 Å². The lowest BCUT2D eigenvalue weighted by atomic mass is 10.1. The van der Waals surface area contributed by atoms with Crippen LogP contribution in [-0.4, -0.2) is 10.8 Å². The van der Waals surface area contributed by atoms with Crippen LogP contribution in [0.5, 0.6) is 0 Å². The van der Waals surface area contributed by atoms with Crippen molar-refractivity contribution in [1.82, 2.24) is 0 Å². The first kappa shape index (κ1) is 16.2. The summed E-state index contributed by atoms with van der Waals surface area (Å²) in [4.78, 5) is 22.2. The average Bonchev–Trinajstić information content (AvgIpc) is 2.53. The molecule has 23 heavy (non-hydrogen) atoms. The lowest BCUT2D eigenvalue weighted by Gasteiger charge is -2.03. The van der Waals surface area contributed by atoms with E-state index in [9.17, 15) is 14.9 Å². The van der Waals surface area contributed by atoms with Crippen molar-refractivity contribution in [3.8, 4) is 6.07 Å². The molecule has 0 atom stereocenters. The maximum atomic E-state index is 11.9. The van der Waals surface area contributed by atoms with E-state index in [0.717, 1.165) is 0 Å². The zero-order valence-corrected chi connectivity index (χ0v) is 12.4. The molecule has 0 heterocycles. The second-order valence-electron chi connectivity index (χ2n) is 4.44. The molecule has 0 aliphatic heterocycles. The Morgan fingerprint density at radius 2 is 2.04 bits per heavy atom. The quantitative estimate of drug-likeness (QED) is 0.525. The molecule has 0 bridgehead atoms. The Balaban J connectivity index is 2.13. The van der Waals surface area contributed by atoms with Gasteiger partial charge in [0.2, 0.25) is 5.91 Å². The van der Waals surface area contributed by atoms with E-state index in [1.165, 1.54) is 30.4 Å². The molecule has 2 aromatic carbocycles. The van der Waals surface area contributed by atoms with Gasteiger partial charge in [0, 0.05) is 17.8 Å². The van der Waals surface area contributed by atoms with Gasteiger partial charge in [0.05, 0.1) is 21.1 Å². The number of nitrogens with one attached hydrogen (secondary N) is 1. The van der Waals surface area contributed by atoms with Crippen molar-refractivity contribution in [3.63, 3.8) is 0 Å². The molecule has 0 saturated carbocycles. The fraction of sp³-hybridized carbons (Fsp3) is 0. The zero-order valence-electron chi connectivity index (χ0n) is 11.7. The fourth-order valence-corrected chi connectivity index (χ4v) is 2.05. The number of nitriles is 1. The zero-order chi connectivity index (χ0) is 16.8. The van der Waals surface area contributed by atoms with Crippen molar-refractivity contribution in [1.29, 1.82) is 5.26 Å². The number of carbonyl (C=O) groups excluding carboxylic acids is 1. The predicted octanol–water partition coefficient (Wildman–Crippen LogP) is 3.77. The second-order valence-corrected chi connectivity index (χ2v) is 4.85. The van der Waals surface area contributed by atoms with Crippen LogP contribution < -0.4 is 5.32 Å². The van der Waals surface area contributed by atoms with E-state index in [4.69, 9.17) is 16.9 Å². The summed E-state index contributed by atoms with van der Waals surface area (Å²) in [5.74, 6) is -0.469. The van der Waals surface area contributed by atoms with Crippen LogP contribution in [0.25, 0.3) is 6.08 Å². The largest absolute Gasteiger partial charge is 0.322 e. The maximum absolute atomic E-state index is 11.9. The van der Waals surface area contributed by atoms with E-state index in [2.05, 4.69) is 5.32 Å². The van der Waals surface area contributed by atoms with E-state index >= 15 is 0 Å². The SMILES string of the molecule is N#Cc1ccc(NC(=O)/C=C/c2ccccc2[N+](=O)[O-])cc1Cl. The molecule has 0 unspecified atom stereocenters. The third kappa shape index (κ3) is 4.15.